The van der Waals surface area contributed by atoms with Crippen LogP contribution in [-0.2, 0) is 6.54 Å². The maximum absolute atomic E-state index is 14.1. The number of halogens is 2. The Labute approximate surface area is 194 Å². The number of fused-ring (bicyclic) bond motifs is 1. The third-order valence-electron chi connectivity index (χ3n) is 7.73. The Morgan fingerprint density at radius 3 is 2.35 bits per heavy atom. The zero-order valence-corrected chi connectivity index (χ0v) is 18.5. The summed E-state index contributed by atoms with van der Waals surface area (Å²) in [4.78, 5) is 24.6. The maximum atomic E-state index is 14.1. The van der Waals surface area contributed by atoms with Gasteiger partial charge in [-0.1, -0.05) is 0 Å². The summed E-state index contributed by atoms with van der Waals surface area (Å²) in [5.41, 5.74) is 4.90. The van der Waals surface area contributed by atoms with Crippen LogP contribution in [0.5, 0.6) is 0 Å². The van der Waals surface area contributed by atoms with E-state index in [1.165, 1.54) is 44.6 Å². The van der Waals surface area contributed by atoms with E-state index in [4.69, 9.17) is 14.6 Å². The lowest BCUT2D eigenvalue weighted by Gasteiger charge is -2.57. The van der Waals surface area contributed by atoms with Crippen molar-refractivity contribution in [3.8, 4) is 0 Å². The number of rotatable bonds is 6. The average molecular weight is 469 g/mol. The van der Waals surface area contributed by atoms with Crippen molar-refractivity contribution in [2.24, 2.45) is 23.5 Å². The first-order valence-electron chi connectivity index (χ1n) is 11.6. The van der Waals surface area contributed by atoms with Gasteiger partial charge in [0, 0.05) is 11.6 Å². The molecule has 0 spiro atoms. The lowest BCUT2D eigenvalue weighted by atomic mass is 9.53. The third kappa shape index (κ3) is 3.58. The van der Waals surface area contributed by atoms with Gasteiger partial charge < -0.3 is 25.2 Å². The van der Waals surface area contributed by atoms with Gasteiger partial charge in [-0.25, -0.2) is 8.78 Å². The minimum absolute atomic E-state index is 0.00366. The Morgan fingerprint density at radius 2 is 1.71 bits per heavy atom. The summed E-state index contributed by atoms with van der Waals surface area (Å²) in [5.74, 6) is -0.997. The van der Waals surface area contributed by atoms with Crippen LogP contribution in [0.15, 0.2) is 33.1 Å². The normalized spacial score (nSPS) is 27.4. The summed E-state index contributed by atoms with van der Waals surface area (Å²) in [6.07, 6.45) is 7.66. The molecule has 7 nitrogen and oxygen atoms in total. The van der Waals surface area contributed by atoms with Gasteiger partial charge in [0.1, 0.15) is 17.3 Å². The molecule has 178 valence electrons. The number of nitrogens with two attached hydrogens (primary N) is 1. The van der Waals surface area contributed by atoms with Crippen LogP contribution in [-0.4, -0.2) is 17.4 Å². The molecule has 0 aliphatic heterocycles. The molecule has 4 N–H and O–H groups in total. The lowest BCUT2D eigenvalue weighted by molar-refractivity contribution is -0.0213. The molecular weight excluding hydrogens is 444 g/mol. The van der Waals surface area contributed by atoms with Crippen LogP contribution in [0.1, 0.15) is 65.4 Å². The second kappa shape index (κ2) is 7.66. The van der Waals surface area contributed by atoms with Crippen molar-refractivity contribution in [2.45, 2.75) is 50.6 Å². The van der Waals surface area contributed by atoms with Crippen LogP contribution in [0.25, 0.3) is 11.0 Å². The van der Waals surface area contributed by atoms with Crippen LogP contribution in [0.2, 0.25) is 0 Å². The first kappa shape index (κ1) is 21.3. The second-order valence-electron chi connectivity index (χ2n) is 10.2. The average Bonchev–Trinajstić information content (AvgIpc) is 3.37. The number of carbonyl (C=O) groups is 2. The predicted molar refractivity (Wildman–Crippen MR) is 119 cm³/mol. The second-order valence-corrected chi connectivity index (χ2v) is 10.2. The lowest BCUT2D eigenvalue weighted by Crippen LogP contribution is -2.58. The molecule has 1 aromatic carbocycles. The molecule has 7 rings (SSSR count). The van der Waals surface area contributed by atoms with E-state index in [9.17, 15) is 18.4 Å². The van der Waals surface area contributed by atoms with Gasteiger partial charge in [-0.2, -0.15) is 0 Å². The minimum atomic E-state index is -1.02. The molecule has 4 aliphatic rings. The van der Waals surface area contributed by atoms with Crippen molar-refractivity contribution in [1.82, 2.24) is 5.32 Å². The molecule has 4 saturated carbocycles. The summed E-state index contributed by atoms with van der Waals surface area (Å²) >= 11 is 0. The molecule has 0 unspecified atom stereocenters. The summed E-state index contributed by atoms with van der Waals surface area (Å²) in [6, 6.07) is 4.84. The molecule has 9 heteroatoms. The zero-order chi connectivity index (χ0) is 23.6. The van der Waals surface area contributed by atoms with E-state index in [0.29, 0.717) is 18.4 Å². The van der Waals surface area contributed by atoms with Crippen molar-refractivity contribution < 1.29 is 27.2 Å². The molecule has 2 aromatic heterocycles. The molecule has 3 aromatic rings. The summed E-state index contributed by atoms with van der Waals surface area (Å²) < 4.78 is 38.8. The van der Waals surface area contributed by atoms with Crippen LogP contribution in [0.3, 0.4) is 0 Å². The van der Waals surface area contributed by atoms with E-state index in [2.05, 4.69) is 10.6 Å². The summed E-state index contributed by atoms with van der Waals surface area (Å²) in [6.45, 7) is 0.511. The maximum Gasteiger partial charge on any atom is 0.291 e. The van der Waals surface area contributed by atoms with E-state index >= 15 is 0 Å². The largest absolute Gasteiger partial charge is 0.455 e. The van der Waals surface area contributed by atoms with Gasteiger partial charge in [-0.15, -0.1) is 0 Å². The topological polar surface area (TPSA) is 111 Å². The number of anilines is 1. The van der Waals surface area contributed by atoms with E-state index in [1.807, 2.05) is 0 Å². The Morgan fingerprint density at radius 1 is 1.03 bits per heavy atom. The van der Waals surface area contributed by atoms with Gasteiger partial charge in [-0.3, -0.25) is 9.59 Å². The number of nitrogens with one attached hydrogen (secondary N) is 2. The van der Waals surface area contributed by atoms with E-state index in [1.54, 1.807) is 6.07 Å². The fraction of sp³-hybridized carbons (Fsp3) is 0.440. The SMILES string of the molecule is NC(=O)c1oc2c(F)cc(F)cc2c1NC(=O)c1ccc(CNC23CC4CC(CC(C4)C2)C3)o1. The molecule has 0 saturated heterocycles. The Hall–Kier alpha value is -3.20. The Bertz CT molecular complexity index is 1280. The van der Waals surface area contributed by atoms with Crippen LogP contribution in [0, 0.1) is 29.4 Å². The van der Waals surface area contributed by atoms with Crippen molar-refractivity contribution in [1.29, 1.82) is 0 Å². The van der Waals surface area contributed by atoms with E-state index in [-0.39, 0.29) is 28.0 Å². The predicted octanol–water partition coefficient (Wildman–Crippen LogP) is 4.71. The first-order valence-corrected chi connectivity index (χ1v) is 11.6. The van der Waals surface area contributed by atoms with Gasteiger partial charge in [0.25, 0.3) is 11.8 Å². The molecule has 34 heavy (non-hydrogen) atoms. The highest BCUT2D eigenvalue weighted by Crippen LogP contribution is 2.55. The molecular formula is C25H25F2N3O4. The number of amides is 2. The third-order valence-corrected chi connectivity index (χ3v) is 7.73. The quantitative estimate of drug-likeness (QED) is 0.484. The Balaban J connectivity index is 1.19. The van der Waals surface area contributed by atoms with Crippen LogP contribution < -0.4 is 16.4 Å². The van der Waals surface area contributed by atoms with E-state index < -0.39 is 29.2 Å². The van der Waals surface area contributed by atoms with Gasteiger partial charge in [0.05, 0.1) is 11.9 Å². The van der Waals surface area contributed by atoms with Crippen molar-refractivity contribution >= 4 is 28.5 Å². The van der Waals surface area contributed by atoms with Gasteiger partial charge >= 0.3 is 0 Å². The van der Waals surface area contributed by atoms with Crippen molar-refractivity contribution in [2.75, 3.05) is 5.32 Å². The summed E-state index contributed by atoms with van der Waals surface area (Å²) in [5, 5.41) is 6.08. The number of primary amides is 1. The molecule has 4 fully saturated rings. The monoisotopic (exact) mass is 469 g/mol. The highest BCUT2D eigenvalue weighted by molar-refractivity contribution is 6.13. The van der Waals surface area contributed by atoms with Crippen molar-refractivity contribution in [3.05, 3.63) is 53.2 Å². The van der Waals surface area contributed by atoms with Gasteiger partial charge in [0.15, 0.2) is 17.2 Å². The fourth-order valence-electron chi connectivity index (χ4n) is 6.79. The van der Waals surface area contributed by atoms with Gasteiger partial charge in [-0.05, 0) is 74.5 Å². The van der Waals surface area contributed by atoms with Crippen LogP contribution in [0.4, 0.5) is 14.5 Å². The van der Waals surface area contributed by atoms with Crippen molar-refractivity contribution in [3.63, 3.8) is 0 Å². The number of hydrogen-bond acceptors (Lipinski definition) is 5. The highest BCUT2D eigenvalue weighted by atomic mass is 19.1. The van der Waals surface area contributed by atoms with Crippen LogP contribution >= 0.6 is 0 Å². The number of hydrogen-bond donors (Lipinski definition) is 3. The standard InChI is InChI=1S/C25H25F2N3O4/c26-15-6-17-20(22(23(28)31)34-21(17)18(27)7-15)30-24(32)19-2-1-16(33-19)11-29-25-8-12-3-13(9-25)5-14(4-12)10-25/h1-2,6-7,12-14,29H,3-5,8-11H2,(H2,28,31)(H,30,32). The zero-order valence-electron chi connectivity index (χ0n) is 18.5. The minimum Gasteiger partial charge on any atom is -0.455 e. The van der Waals surface area contributed by atoms with Gasteiger partial charge in [0.2, 0.25) is 5.76 Å². The Kier molecular flexibility index (Phi) is 4.81. The number of carbonyl (C=O) groups excluding carboxylic acids is 2. The number of benzene rings is 1. The smallest absolute Gasteiger partial charge is 0.291 e. The first-order chi connectivity index (χ1) is 16.3. The molecule has 2 amide bonds. The molecule has 4 aliphatic carbocycles. The summed E-state index contributed by atoms with van der Waals surface area (Å²) in [7, 11) is 0. The van der Waals surface area contributed by atoms with E-state index in [0.717, 1.165) is 23.8 Å². The molecule has 0 atom stereocenters. The number of furan rings is 2. The molecule has 4 bridgehead atoms. The molecule has 0 radical (unpaired) electrons. The highest BCUT2D eigenvalue weighted by Gasteiger charge is 2.50. The molecule has 2 heterocycles. The fourth-order valence-corrected chi connectivity index (χ4v) is 6.79.